The van der Waals surface area contributed by atoms with E-state index in [0.717, 1.165) is 11.1 Å². The van der Waals surface area contributed by atoms with E-state index in [4.69, 9.17) is 23.2 Å². The van der Waals surface area contributed by atoms with Gasteiger partial charge < -0.3 is 0 Å². The van der Waals surface area contributed by atoms with Crippen LogP contribution >= 0.6 is 23.2 Å². The summed E-state index contributed by atoms with van der Waals surface area (Å²) in [7, 11) is -4.66. The van der Waals surface area contributed by atoms with Crippen molar-refractivity contribution >= 4 is 33.4 Å². The Morgan fingerprint density at radius 2 is 1.39 bits per heavy atom. The van der Waals surface area contributed by atoms with E-state index in [0.29, 0.717) is 10.0 Å². The molecule has 0 amide bonds. The summed E-state index contributed by atoms with van der Waals surface area (Å²) in [6.45, 7) is 0. The van der Waals surface area contributed by atoms with Crippen LogP contribution in [-0.4, -0.2) is 8.42 Å². The normalized spacial score (nSPS) is 11.5. The van der Waals surface area contributed by atoms with Gasteiger partial charge in [0.25, 0.3) is 0 Å². The smallest absolute Gasteiger partial charge is 0.189 e. The van der Waals surface area contributed by atoms with Crippen LogP contribution in [0.15, 0.2) is 47.4 Å². The monoisotopic (exact) mass is 304 g/mol. The van der Waals surface area contributed by atoms with Gasteiger partial charge in [-0.05, 0) is 35.4 Å². The summed E-state index contributed by atoms with van der Waals surface area (Å²) >= 11 is 11.7. The molecule has 0 radical (unpaired) electrons. The molecule has 0 aliphatic rings. The molecule has 2 nitrogen and oxygen atoms in total. The molecule has 0 unspecified atom stereocenters. The number of halogens is 3. The van der Waals surface area contributed by atoms with Crippen LogP contribution in [0.25, 0.3) is 11.1 Å². The molecule has 18 heavy (non-hydrogen) atoms. The Kier molecular flexibility index (Phi) is 3.61. The van der Waals surface area contributed by atoms with Crippen LogP contribution in [0.2, 0.25) is 10.0 Å². The van der Waals surface area contributed by atoms with Gasteiger partial charge in [0.2, 0.25) is 0 Å². The number of hydrogen-bond donors (Lipinski definition) is 0. The van der Waals surface area contributed by atoms with Gasteiger partial charge in [0.15, 0.2) is 0 Å². The number of rotatable bonds is 2. The molecule has 0 fully saturated rings. The Labute approximate surface area is 114 Å². The zero-order valence-electron chi connectivity index (χ0n) is 8.90. The second-order valence-electron chi connectivity index (χ2n) is 3.59. The lowest BCUT2D eigenvalue weighted by Gasteiger charge is -2.04. The summed E-state index contributed by atoms with van der Waals surface area (Å²) in [6.07, 6.45) is 0. The maximum Gasteiger partial charge on any atom is 0.332 e. The van der Waals surface area contributed by atoms with Crippen molar-refractivity contribution in [1.82, 2.24) is 0 Å². The Morgan fingerprint density at radius 3 is 1.89 bits per heavy atom. The molecular weight excluding hydrogens is 298 g/mol. The highest BCUT2D eigenvalue weighted by molar-refractivity contribution is 7.86. The van der Waals surface area contributed by atoms with E-state index in [9.17, 15) is 12.3 Å². The predicted octanol–water partition coefficient (Wildman–Crippen LogP) is 4.32. The fourth-order valence-electron chi connectivity index (χ4n) is 1.49. The Balaban J connectivity index is 2.43. The highest BCUT2D eigenvalue weighted by Crippen LogP contribution is 2.29. The van der Waals surface area contributed by atoms with Crippen molar-refractivity contribution in [2.24, 2.45) is 0 Å². The minimum Gasteiger partial charge on any atom is -0.189 e. The molecule has 0 aromatic heterocycles. The zero-order chi connectivity index (χ0) is 13.3. The molecule has 0 aliphatic carbocycles. The highest BCUT2D eigenvalue weighted by atomic mass is 35.5. The SMILES string of the molecule is O=S(=O)(F)c1ccc(-c2ccc(Cl)c(Cl)c2)cc1. The van der Waals surface area contributed by atoms with Crippen molar-refractivity contribution in [3.63, 3.8) is 0 Å². The molecule has 0 saturated heterocycles. The second-order valence-corrected chi connectivity index (χ2v) is 5.75. The average Bonchev–Trinajstić information content (AvgIpc) is 2.32. The van der Waals surface area contributed by atoms with Gasteiger partial charge >= 0.3 is 10.2 Å². The fraction of sp³-hybridized carbons (Fsp3) is 0. The molecule has 0 bridgehead atoms. The zero-order valence-corrected chi connectivity index (χ0v) is 11.2. The minimum absolute atomic E-state index is 0.369. The van der Waals surface area contributed by atoms with Crippen LogP contribution in [0, 0.1) is 0 Å². The summed E-state index contributed by atoms with van der Waals surface area (Å²) < 4.78 is 34.1. The van der Waals surface area contributed by atoms with Crippen molar-refractivity contribution < 1.29 is 12.3 Å². The molecule has 0 atom stereocenters. The summed E-state index contributed by atoms with van der Waals surface area (Å²) in [4.78, 5) is -0.369. The lowest BCUT2D eigenvalue weighted by molar-refractivity contribution is 0.552. The van der Waals surface area contributed by atoms with Crippen LogP contribution in [0.1, 0.15) is 0 Å². The Morgan fingerprint density at radius 1 is 0.833 bits per heavy atom. The quantitative estimate of drug-likeness (QED) is 0.774. The van der Waals surface area contributed by atoms with E-state index in [-0.39, 0.29) is 4.90 Å². The van der Waals surface area contributed by atoms with E-state index in [1.54, 1.807) is 18.2 Å². The van der Waals surface area contributed by atoms with Gasteiger partial charge in [-0.25, -0.2) is 0 Å². The van der Waals surface area contributed by atoms with E-state index in [2.05, 4.69) is 0 Å². The van der Waals surface area contributed by atoms with Crippen molar-refractivity contribution in [1.29, 1.82) is 0 Å². The third-order valence-electron chi connectivity index (χ3n) is 2.39. The molecular formula is C12H7Cl2FO2S. The Bertz CT molecular complexity index is 682. The highest BCUT2D eigenvalue weighted by Gasteiger charge is 2.11. The van der Waals surface area contributed by atoms with Crippen molar-refractivity contribution in [2.75, 3.05) is 0 Å². The number of benzene rings is 2. The topological polar surface area (TPSA) is 34.1 Å². The number of hydrogen-bond acceptors (Lipinski definition) is 2. The maximum absolute atomic E-state index is 12.7. The lowest BCUT2D eigenvalue weighted by Crippen LogP contribution is -1.91. The van der Waals surface area contributed by atoms with Gasteiger partial charge in [-0.15, -0.1) is 3.89 Å². The second kappa shape index (κ2) is 4.88. The molecule has 0 saturated carbocycles. The van der Waals surface area contributed by atoms with Crippen molar-refractivity contribution in [3.05, 3.63) is 52.5 Å². The van der Waals surface area contributed by atoms with E-state index in [1.165, 1.54) is 24.3 Å². The van der Waals surface area contributed by atoms with E-state index in [1.807, 2.05) is 0 Å². The van der Waals surface area contributed by atoms with Crippen LogP contribution in [-0.2, 0) is 10.2 Å². The van der Waals surface area contributed by atoms with Gasteiger partial charge in [0.1, 0.15) is 0 Å². The van der Waals surface area contributed by atoms with Crippen LogP contribution in [0.5, 0.6) is 0 Å². The average molecular weight is 305 g/mol. The summed E-state index contributed by atoms with van der Waals surface area (Å²) in [6, 6.07) is 10.5. The predicted molar refractivity (Wildman–Crippen MR) is 70.2 cm³/mol. The van der Waals surface area contributed by atoms with Gasteiger partial charge in [0.05, 0.1) is 14.9 Å². The maximum atomic E-state index is 12.7. The van der Waals surface area contributed by atoms with Crippen molar-refractivity contribution in [2.45, 2.75) is 4.90 Å². The van der Waals surface area contributed by atoms with Gasteiger partial charge in [0, 0.05) is 0 Å². The summed E-state index contributed by atoms with van der Waals surface area (Å²) in [5, 5.41) is 0.833. The summed E-state index contributed by atoms with van der Waals surface area (Å²) in [5.41, 5.74) is 1.49. The first-order valence-corrected chi connectivity index (χ1v) is 7.02. The molecule has 2 rings (SSSR count). The third kappa shape index (κ3) is 2.83. The molecule has 0 N–H and O–H groups in total. The third-order valence-corrected chi connectivity index (χ3v) is 3.96. The van der Waals surface area contributed by atoms with Gasteiger partial charge in [-0.1, -0.05) is 41.4 Å². The van der Waals surface area contributed by atoms with Gasteiger partial charge in [-0.3, -0.25) is 0 Å². The lowest BCUT2D eigenvalue weighted by atomic mass is 10.1. The van der Waals surface area contributed by atoms with Crippen LogP contribution in [0.4, 0.5) is 3.89 Å². The molecule has 2 aromatic carbocycles. The minimum atomic E-state index is -4.66. The molecule has 0 aliphatic heterocycles. The van der Waals surface area contributed by atoms with E-state index < -0.39 is 10.2 Å². The molecule has 2 aromatic rings. The van der Waals surface area contributed by atoms with E-state index >= 15 is 0 Å². The van der Waals surface area contributed by atoms with Crippen molar-refractivity contribution in [3.8, 4) is 11.1 Å². The first-order chi connectivity index (χ1) is 8.38. The van der Waals surface area contributed by atoms with Gasteiger partial charge in [-0.2, -0.15) is 8.42 Å². The van der Waals surface area contributed by atoms with Crippen LogP contribution in [0.3, 0.4) is 0 Å². The Hall–Kier alpha value is -1.10. The first kappa shape index (κ1) is 13.3. The largest absolute Gasteiger partial charge is 0.332 e. The molecule has 94 valence electrons. The standard InChI is InChI=1S/C12H7Cl2FO2S/c13-11-6-3-9(7-12(11)14)8-1-4-10(5-2-8)18(15,16)17/h1-7H. The van der Waals surface area contributed by atoms with Crippen LogP contribution < -0.4 is 0 Å². The molecule has 6 heteroatoms. The summed E-state index contributed by atoms with van der Waals surface area (Å²) in [5.74, 6) is 0. The molecule has 0 heterocycles. The fourth-order valence-corrected chi connectivity index (χ4v) is 2.24. The molecule has 0 spiro atoms. The first-order valence-electron chi connectivity index (χ1n) is 4.88.